The van der Waals surface area contributed by atoms with E-state index in [1.54, 1.807) is 0 Å². The van der Waals surface area contributed by atoms with E-state index in [2.05, 4.69) is 0 Å². The molecule has 0 N–H and O–H groups in total. The molecular weight excluding hydrogens is 240 g/mol. The molecule has 0 heterocycles. The third kappa shape index (κ3) is 5.33. The molecule has 0 amide bonds. The van der Waals surface area contributed by atoms with Crippen LogP contribution in [0.2, 0.25) is 0 Å². The van der Waals surface area contributed by atoms with Gasteiger partial charge >= 0.3 is 5.97 Å². The van der Waals surface area contributed by atoms with E-state index < -0.39 is 5.60 Å². The van der Waals surface area contributed by atoms with Gasteiger partial charge in [-0.05, 0) is 58.7 Å². The van der Waals surface area contributed by atoms with Crippen molar-refractivity contribution in [2.75, 3.05) is 0 Å². The summed E-state index contributed by atoms with van der Waals surface area (Å²) in [6.45, 7) is 11.5. The first-order valence-corrected chi connectivity index (χ1v) is 6.65. The first-order valence-electron chi connectivity index (χ1n) is 6.65. The average molecular weight is 264 g/mol. The third-order valence-electron chi connectivity index (χ3n) is 2.67. The van der Waals surface area contributed by atoms with Crippen molar-refractivity contribution in [2.45, 2.75) is 59.7 Å². The fourth-order valence-electron chi connectivity index (χ4n) is 1.80. The van der Waals surface area contributed by atoms with Crippen LogP contribution in [0.15, 0.2) is 18.2 Å². The van der Waals surface area contributed by atoms with Gasteiger partial charge in [0, 0.05) is 0 Å². The second-order valence-corrected chi connectivity index (χ2v) is 5.85. The predicted octanol–water partition coefficient (Wildman–Crippen LogP) is 3.80. The summed E-state index contributed by atoms with van der Waals surface area (Å²) in [5, 5.41) is 0. The Morgan fingerprint density at radius 1 is 1.26 bits per heavy atom. The monoisotopic (exact) mass is 264 g/mol. The van der Waals surface area contributed by atoms with E-state index in [9.17, 15) is 4.79 Å². The van der Waals surface area contributed by atoms with Crippen LogP contribution >= 0.6 is 0 Å². The van der Waals surface area contributed by atoms with Crippen LogP contribution in [0.25, 0.3) is 0 Å². The molecular formula is C16H24O3. The number of esters is 1. The lowest BCUT2D eigenvalue weighted by Crippen LogP contribution is -2.33. The molecule has 3 heteroatoms. The smallest absolute Gasteiger partial charge is 0.310 e. The van der Waals surface area contributed by atoms with E-state index in [4.69, 9.17) is 9.47 Å². The second kappa shape index (κ2) is 6.09. The Kier molecular flexibility index (Phi) is 4.98. The number of rotatable bonds is 5. The fraction of sp³-hybridized carbons (Fsp3) is 0.562. The number of carbonyl (C=O) groups is 1. The molecule has 0 atom stereocenters. The predicted molar refractivity (Wildman–Crippen MR) is 76.5 cm³/mol. The SMILES string of the molecule is Cc1ccc(C)c(OC(C)(C)CC(=O)OC(C)C)c1. The molecule has 1 aromatic rings. The molecule has 0 aliphatic rings. The molecule has 0 aliphatic carbocycles. The third-order valence-corrected chi connectivity index (χ3v) is 2.67. The number of hydrogen-bond donors (Lipinski definition) is 0. The number of ether oxygens (including phenoxy) is 2. The maximum absolute atomic E-state index is 11.7. The lowest BCUT2D eigenvalue weighted by molar-refractivity contribution is -0.151. The Hall–Kier alpha value is -1.51. The van der Waals surface area contributed by atoms with Crippen LogP contribution in [-0.2, 0) is 9.53 Å². The normalized spacial score (nSPS) is 11.5. The molecule has 0 spiro atoms. The summed E-state index contributed by atoms with van der Waals surface area (Å²) in [5.74, 6) is 0.590. The maximum atomic E-state index is 11.7. The molecule has 1 aromatic carbocycles. The van der Waals surface area contributed by atoms with E-state index in [1.165, 1.54) is 0 Å². The summed E-state index contributed by atoms with van der Waals surface area (Å²) in [5.41, 5.74) is 1.63. The van der Waals surface area contributed by atoms with Crippen LogP contribution in [0.3, 0.4) is 0 Å². The van der Waals surface area contributed by atoms with Crippen LogP contribution in [0.4, 0.5) is 0 Å². The molecule has 19 heavy (non-hydrogen) atoms. The topological polar surface area (TPSA) is 35.5 Å². The van der Waals surface area contributed by atoms with Gasteiger partial charge in [0.25, 0.3) is 0 Å². The van der Waals surface area contributed by atoms with Crippen molar-refractivity contribution in [1.29, 1.82) is 0 Å². The summed E-state index contributed by atoms with van der Waals surface area (Å²) < 4.78 is 11.1. The zero-order valence-corrected chi connectivity index (χ0v) is 12.7. The minimum Gasteiger partial charge on any atom is -0.487 e. The van der Waals surface area contributed by atoms with Crippen molar-refractivity contribution in [1.82, 2.24) is 0 Å². The molecule has 0 fully saturated rings. The molecule has 0 unspecified atom stereocenters. The van der Waals surface area contributed by atoms with Gasteiger partial charge in [0.2, 0.25) is 0 Å². The van der Waals surface area contributed by atoms with E-state index in [0.717, 1.165) is 16.9 Å². The molecule has 0 aromatic heterocycles. The van der Waals surface area contributed by atoms with Gasteiger partial charge < -0.3 is 9.47 Å². The Morgan fingerprint density at radius 2 is 1.89 bits per heavy atom. The van der Waals surface area contributed by atoms with Gasteiger partial charge in [-0.1, -0.05) is 12.1 Å². The van der Waals surface area contributed by atoms with Gasteiger partial charge in [-0.2, -0.15) is 0 Å². The highest BCUT2D eigenvalue weighted by molar-refractivity contribution is 5.70. The van der Waals surface area contributed by atoms with Crippen molar-refractivity contribution in [3.63, 3.8) is 0 Å². The van der Waals surface area contributed by atoms with Crippen LogP contribution in [0, 0.1) is 13.8 Å². The van der Waals surface area contributed by atoms with Gasteiger partial charge in [-0.3, -0.25) is 4.79 Å². The highest BCUT2D eigenvalue weighted by atomic mass is 16.5. The van der Waals surface area contributed by atoms with Crippen LogP contribution in [0.5, 0.6) is 5.75 Å². The first kappa shape index (κ1) is 15.5. The summed E-state index contributed by atoms with van der Waals surface area (Å²) in [6.07, 6.45) is 0.141. The number of carbonyl (C=O) groups excluding carboxylic acids is 1. The Labute approximate surface area is 115 Å². The van der Waals surface area contributed by atoms with E-state index in [-0.39, 0.29) is 18.5 Å². The van der Waals surface area contributed by atoms with Gasteiger partial charge in [0.05, 0.1) is 12.5 Å². The molecule has 0 bridgehead atoms. The maximum Gasteiger partial charge on any atom is 0.310 e. The minimum absolute atomic E-state index is 0.0935. The zero-order valence-electron chi connectivity index (χ0n) is 12.7. The Bertz CT molecular complexity index is 447. The van der Waals surface area contributed by atoms with Crippen LogP contribution < -0.4 is 4.74 Å². The van der Waals surface area contributed by atoms with E-state index in [1.807, 2.05) is 59.7 Å². The second-order valence-electron chi connectivity index (χ2n) is 5.85. The lowest BCUT2D eigenvalue weighted by atomic mass is 10.0. The summed E-state index contributed by atoms with van der Waals surface area (Å²) in [4.78, 5) is 11.7. The highest BCUT2D eigenvalue weighted by Crippen LogP contribution is 2.26. The van der Waals surface area contributed by atoms with Crippen LogP contribution in [-0.4, -0.2) is 17.7 Å². The Balaban J connectivity index is 2.73. The summed E-state index contributed by atoms with van der Waals surface area (Å²) in [7, 11) is 0. The average Bonchev–Trinajstić information content (AvgIpc) is 2.20. The molecule has 3 nitrogen and oxygen atoms in total. The number of benzene rings is 1. The molecule has 0 aliphatic heterocycles. The van der Waals surface area contributed by atoms with E-state index >= 15 is 0 Å². The van der Waals surface area contributed by atoms with E-state index in [0.29, 0.717) is 0 Å². The molecule has 0 saturated carbocycles. The largest absolute Gasteiger partial charge is 0.487 e. The van der Waals surface area contributed by atoms with Crippen LogP contribution in [0.1, 0.15) is 45.2 Å². The Morgan fingerprint density at radius 3 is 2.47 bits per heavy atom. The molecule has 0 saturated heterocycles. The molecule has 106 valence electrons. The molecule has 1 rings (SSSR count). The van der Waals surface area contributed by atoms with Crippen molar-refractivity contribution < 1.29 is 14.3 Å². The van der Waals surface area contributed by atoms with Crippen molar-refractivity contribution >= 4 is 5.97 Å². The van der Waals surface area contributed by atoms with Crippen molar-refractivity contribution in [2.24, 2.45) is 0 Å². The number of aryl methyl sites for hydroxylation is 2. The molecule has 0 radical (unpaired) electrons. The standard InChI is InChI=1S/C16H24O3/c1-11(2)18-15(17)10-16(5,6)19-14-9-12(3)7-8-13(14)4/h7-9,11H,10H2,1-6H3. The van der Waals surface area contributed by atoms with Crippen molar-refractivity contribution in [3.8, 4) is 5.75 Å². The highest BCUT2D eigenvalue weighted by Gasteiger charge is 2.26. The lowest BCUT2D eigenvalue weighted by Gasteiger charge is -2.27. The van der Waals surface area contributed by atoms with Gasteiger partial charge in [-0.25, -0.2) is 0 Å². The number of hydrogen-bond acceptors (Lipinski definition) is 3. The van der Waals surface area contributed by atoms with Gasteiger partial charge in [-0.15, -0.1) is 0 Å². The summed E-state index contributed by atoms with van der Waals surface area (Å²) in [6, 6.07) is 6.06. The quantitative estimate of drug-likeness (QED) is 0.759. The van der Waals surface area contributed by atoms with Gasteiger partial charge in [0.15, 0.2) is 0 Å². The van der Waals surface area contributed by atoms with Crippen molar-refractivity contribution in [3.05, 3.63) is 29.3 Å². The van der Waals surface area contributed by atoms with Gasteiger partial charge in [0.1, 0.15) is 11.4 Å². The minimum atomic E-state index is -0.579. The fourth-order valence-corrected chi connectivity index (χ4v) is 1.80. The summed E-state index contributed by atoms with van der Waals surface area (Å²) >= 11 is 0. The first-order chi connectivity index (χ1) is 8.69. The zero-order chi connectivity index (χ0) is 14.6.